The lowest BCUT2D eigenvalue weighted by Gasteiger charge is -2.12. The highest BCUT2D eigenvalue weighted by Crippen LogP contribution is 2.36. The lowest BCUT2D eigenvalue weighted by Crippen LogP contribution is -2.17. The molecule has 0 aliphatic heterocycles. The zero-order valence-corrected chi connectivity index (χ0v) is 11.6. The summed E-state index contributed by atoms with van der Waals surface area (Å²) >= 11 is -0.104. The maximum atomic E-state index is 12.2. The maximum Gasteiger partial charge on any atom is 0.446 e. The standard InChI is InChI=1S/C14H14F3NOS/c1-10(13-3-2-8-19-13)18-9-11-4-6-12(7-5-11)20-14(15,16)17/h2-8,10,18H,9H2,1H3/t10-/m0/s1. The predicted octanol–water partition coefficient (Wildman–Crippen LogP) is 4.74. The number of benzene rings is 1. The van der Waals surface area contributed by atoms with Crippen LogP contribution in [0.15, 0.2) is 52.0 Å². The molecule has 6 heteroatoms. The van der Waals surface area contributed by atoms with Crippen LogP contribution in [0.2, 0.25) is 0 Å². The van der Waals surface area contributed by atoms with E-state index in [1.54, 1.807) is 18.4 Å². The Balaban J connectivity index is 1.88. The molecule has 0 aliphatic rings. The minimum atomic E-state index is -4.24. The summed E-state index contributed by atoms with van der Waals surface area (Å²) in [5.41, 5.74) is -3.32. The molecule has 2 rings (SSSR count). The summed E-state index contributed by atoms with van der Waals surface area (Å²) in [7, 11) is 0. The molecule has 0 bridgehead atoms. The van der Waals surface area contributed by atoms with Gasteiger partial charge in [0.25, 0.3) is 0 Å². The van der Waals surface area contributed by atoms with Crippen molar-refractivity contribution < 1.29 is 17.6 Å². The lowest BCUT2D eigenvalue weighted by molar-refractivity contribution is -0.0328. The Kier molecular flexibility index (Phi) is 4.77. The summed E-state index contributed by atoms with van der Waals surface area (Å²) in [6.45, 7) is 2.53. The van der Waals surface area contributed by atoms with Crippen LogP contribution in [0, 0.1) is 0 Å². The monoisotopic (exact) mass is 301 g/mol. The molecule has 2 aromatic rings. The second-order valence-electron chi connectivity index (χ2n) is 4.31. The van der Waals surface area contributed by atoms with Gasteiger partial charge >= 0.3 is 5.51 Å². The molecule has 0 unspecified atom stereocenters. The van der Waals surface area contributed by atoms with Gasteiger partial charge in [0.2, 0.25) is 0 Å². The third kappa shape index (κ3) is 4.61. The van der Waals surface area contributed by atoms with Gasteiger partial charge in [0.15, 0.2) is 0 Å². The Hall–Kier alpha value is -1.40. The van der Waals surface area contributed by atoms with Crippen molar-refractivity contribution in [3.63, 3.8) is 0 Å². The average Bonchev–Trinajstić information content (AvgIpc) is 2.89. The van der Waals surface area contributed by atoms with E-state index in [1.807, 2.05) is 19.1 Å². The van der Waals surface area contributed by atoms with Gasteiger partial charge in [0.05, 0.1) is 12.3 Å². The van der Waals surface area contributed by atoms with Gasteiger partial charge in [-0.3, -0.25) is 0 Å². The molecular weight excluding hydrogens is 287 g/mol. The van der Waals surface area contributed by atoms with Crippen LogP contribution in [0.4, 0.5) is 13.2 Å². The van der Waals surface area contributed by atoms with Gasteiger partial charge in [-0.05, 0) is 48.5 Å². The van der Waals surface area contributed by atoms with Crippen LogP contribution in [-0.4, -0.2) is 5.51 Å². The van der Waals surface area contributed by atoms with Crippen LogP contribution >= 0.6 is 11.8 Å². The minimum absolute atomic E-state index is 0.0502. The first-order chi connectivity index (χ1) is 9.44. The van der Waals surface area contributed by atoms with Gasteiger partial charge in [0, 0.05) is 11.4 Å². The van der Waals surface area contributed by atoms with Crippen molar-refractivity contribution >= 4 is 11.8 Å². The summed E-state index contributed by atoms with van der Waals surface area (Å²) in [6, 6.07) is 10.1. The first kappa shape index (κ1) is 15.0. The fourth-order valence-corrected chi connectivity index (χ4v) is 2.26. The largest absolute Gasteiger partial charge is 0.468 e. The third-order valence-corrected chi connectivity index (χ3v) is 3.48. The van der Waals surface area contributed by atoms with Crippen LogP contribution in [0.3, 0.4) is 0 Å². The molecule has 0 aliphatic carbocycles. The maximum absolute atomic E-state index is 12.2. The van der Waals surface area contributed by atoms with Crippen molar-refractivity contribution in [3.8, 4) is 0 Å². The van der Waals surface area contributed by atoms with Crippen LogP contribution in [0.25, 0.3) is 0 Å². The summed E-state index contributed by atoms with van der Waals surface area (Å²) in [6.07, 6.45) is 1.61. The fraction of sp³-hybridized carbons (Fsp3) is 0.286. The lowest BCUT2D eigenvalue weighted by atomic mass is 10.2. The van der Waals surface area contributed by atoms with E-state index in [9.17, 15) is 13.2 Å². The number of alkyl halides is 3. The highest BCUT2D eigenvalue weighted by Gasteiger charge is 2.28. The summed E-state index contributed by atoms with van der Waals surface area (Å²) < 4.78 is 41.8. The molecule has 0 radical (unpaired) electrons. The Labute approximate surface area is 119 Å². The second kappa shape index (κ2) is 6.37. The van der Waals surface area contributed by atoms with Gasteiger partial charge < -0.3 is 9.73 Å². The molecule has 1 heterocycles. The van der Waals surface area contributed by atoms with E-state index in [1.165, 1.54) is 12.1 Å². The number of nitrogens with one attached hydrogen (secondary N) is 1. The van der Waals surface area contributed by atoms with Gasteiger partial charge in [-0.15, -0.1) is 0 Å². The topological polar surface area (TPSA) is 25.2 Å². The normalized spacial score (nSPS) is 13.4. The number of furan rings is 1. The molecule has 0 spiro atoms. The average molecular weight is 301 g/mol. The Bertz CT molecular complexity index is 522. The third-order valence-electron chi connectivity index (χ3n) is 2.74. The van der Waals surface area contributed by atoms with E-state index < -0.39 is 5.51 Å². The highest BCUT2D eigenvalue weighted by molar-refractivity contribution is 8.00. The number of rotatable bonds is 5. The highest BCUT2D eigenvalue weighted by atomic mass is 32.2. The van der Waals surface area contributed by atoms with Crippen LogP contribution in [0.5, 0.6) is 0 Å². The fourth-order valence-electron chi connectivity index (χ4n) is 1.72. The number of hydrogen-bond donors (Lipinski definition) is 1. The van der Waals surface area contributed by atoms with Crippen molar-refractivity contribution in [3.05, 3.63) is 54.0 Å². The van der Waals surface area contributed by atoms with Crippen molar-refractivity contribution in [1.82, 2.24) is 5.32 Å². The van der Waals surface area contributed by atoms with E-state index in [2.05, 4.69) is 5.32 Å². The van der Waals surface area contributed by atoms with Gasteiger partial charge in [0.1, 0.15) is 5.76 Å². The van der Waals surface area contributed by atoms with Crippen molar-refractivity contribution in [2.45, 2.75) is 29.9 Å². The molecule has 2 nitrogen and oxygen atoms in total. The van der Waals surface area contributed by atoms with Crippen LogP contribution in [0.1, 0.15) is 24.3 Å². The Morgan fingerprint density at radius 1 is 1.20 bits per heavy atom. The molecule has 108 valence electrons. The molecule has 0 fully saturated rings. The van der Waals surface area contributed by atoms with Crippen LogP contribution < -0.4 is 5.32 Å². The molecule has 20 heavy (non-hydrogen) atoms. The zero-order chi connectivity index (χ0) is 14.6. The molecule has 1 aromatic carbocycles. The van der Waals surface area contributed by atoms with Crippen molar-refractivity contribution in [2.24, 2.45) is 0 Å². The van der Waals surface area contributed by atoms with Crippen molar-refractivity contribution in [2.75, 3.05) is 0 Å². The summed E-state index contributed by atoms with van der Waals surface area (Å²) in [5.74, 6) is 0.828. The first-order valence-electron chi connectivity index (χ1n) is 6.05. The predicted molar refractivity (Wildman–Crippen MR) is 72.3 cm³/mol. The Morgan fingerprint density at radius 2 is 1.90 bits per heavy atom. The quantitative estimate of drug-likeness (QED) is 0.807. The molecule has 0 saturated heterocycles. The summed E-state index contributed by atoms with van der Waals surface area (Å²) in [4.78, 5) is 0.195. The molecule has 0 amide bonds. The minimum Gasteiger partial charge on any atom is -0.468 e. The SMILES string of the molecule is C[C@H](NCc1ccc(SC(F)(F)F)cc1)c1ccco1. The van der Waals surface area contributed by atoms with Gasteiger partial charge in [-0.25, -0.2) is 0 Å². The van der Waals surface area contributed by atoms with Gasteiger partial charge in [-0.2, -0.15) is 13.2 Å². The van der Waals surface area contributed by atoms with E-state index >= 15 is 0 Å². The zero-order valence-electron chi connectivity index (χ0n) is 10.8. The van der Waals surface area contributed by atoms with Crippen LogP contribution in [-0.2, 0) is 6.54 Å². The molecule has 1 aromatic heterocycles. The smallest absolute Gasteiger partial charge is 0.446 e. The van der Waals surface area contributed by atoms with E-state index in [-0.39, 0.29) is 22.7 Å². The van der Waals surface area contributed by atoms with E-state index in [0.29, 0.717) is 6.54 Å². The molecule has 0 saturated carbocycles. The number of thioether (sulfide) groups is 1. The van der Waals surface area contributed by atoms with Crippen molar-refractivity contribution in [1.29, 1.82) is 0 Å². The van der Waals surface area contributed by atoms with E-state index in [4.69, 9.17) is 4.42 Å². The molecule has 1 atom stereocenters. The Morgan fingerprint density at radius 3 is 2.45 bits per heavy atom. The number of halogens is 3. The number of hydrogen-bond acceptors (Lipinski definition) is 3. The first-order valence-corrected chi connectivity index (χ1v) is 6.87. The molecular formula is C14H14F3NOS. The second-order valence-corrected chi connectivity index (χ2v) is 5.45. The van der Waals surface area contributed by atoms with Gasteiger partial charge in [-0.1, -0.05) is 12.1 Å². The summed E-state index contributed by atoms with van der Waals surface area (Å²) in [5, 5.41) is 3.25. The molecule has 1 N–H and O–H groups in total. The van der Waals surface area contributed by atoms with E-state index in [0.717, 1.165) is 11.3 Å².